The third-order valence-corrected chi connectivity index (χ3v) is 4.78. The van der Waals surface area contributed by atoms with Crippen molar-refractivity contribution < 1.29 is 0 Å². The van der Waals surface area contributed by atoms with Gasteiger partial charge in [0.1, 0.15) is 5.66 Å². The maximum Gasteiger partial charge on any atom is 0.159 e. The number of hydrogen-bond acceptors (Lipinski definition) is 4. The Kier molecular flexibility index (Phi) is 2.81. The van der Waals surface area contributed by atoms with Crippen molar-refractivity contribution in [3.63, 3.8) is 0 Å². The van der Waals surface area contributed by atoms with Gasteiger partial charge in [0.15, 0.2) is 5.82 Å². The van der Waals surface area contributed by atoms with Gasteiger partial charge >= 0.3 is 0 Å². The fraction of sp³-hybridized carbons (Fsp3) is 0.100. The molecule has 1 aliphatic heterocycles. The predicted molar refractivity (Wildman–Crippen MR) is 94.6 cm³/mol. The van der Waals surface area contributed by atoms with Crippen LogP contribution < -0.4 is 10.6 Å². The number of hydrogen-bond donors (Lipinski definition) is 2. The van der Waals surface area contributed by atoms with E-state index in [1.807, 2.05) is 12.3 Å². The fourth-order valence-electron chi connectivity index (χ4n) is 3.53. The zero-order valence-corrected chi connectivity index (χ0v) is 13.0. The van der Waals surface area contributed by atoms with Crippen molar-refractivity contribution in [2.75, 3.05) is 6.54 Å². The van der Waals surface area contributed by atoms with Crippen molar-refractivity contribution in [3.8, 4) is 11.4 Å². The molecule has 0 saturated heterocycles. The topological polar surface area (TPSA) is 49.8 Å². The van der Waals surface area contributed by atoms with Crippen LogP contribution in [0.25, 0.3) is 17.0 Å². The second kappa shape index (κ2) is 5.01. The third-order valence-electron chi connectivity index (χ3n) is 4.78. The molecule has 1 atom stereocenters. The summed E-state index contributed by atoms with van der Waals surface area (Å²) in [6.07, 6.45) is 14.3. The second-order valence-corrected chi connectivity index (χ2v) is 6.09. The Balaban J connectivity index is 1.48. The molecule has 0 fully saturated rings. The molecule has 0 radical (unpaired) electrons. The summed E-state index contributed by atoms with van der Waals surface area (Å²) < 4.78 is 0. The minimum atomic E-state index is -0.208. The van der Waals surface area contributed by atoms with Crippen molar-refractivity contribution >= 4 is 5.57 Å². The molecule has 0 saturated carbocycles. The smallest absolute Gasteiger partial charge is 0.159 e. The molecular weight excluding hydrogens is 296 g/mol. The molecule has 3 aliphatic rings. The molecular formula is C20H16N4. The Bertz CT molecular complexity index is 917. The van der Waals surface area contributed by atoms with Crippen molar-refractivity contribution in [1.29, 1.82) is 0 Å². The van der Waals surface area contributed by atoms with Crippen LogP contribution in [0.5, 0.6) is 0 Å². The van der Waals surface area contributed by atoms with E-state index in [0.717, 1.165) is 17.9 Å². The van der Waals surface area contributed by atoms with Crippen molar-refractivity contribution in [2.24, 2.45) is 0 Å². The molecule has 1 aromatic carbocycles. The third kappa shape index (κ3) is 1.83. The first kappa shape index (κ1) is 13.5. The first-order valence-electron chi connectivity index (χ1n) is 8.07. The minimum absolute atomic E-state index is 0.208. The zero-order valence-electron chi connectivity index (χ0n) is 13.0. The molecule has 24 heavy (non-hydrogen) atoms. The van der Waals surface area contributed by atoms with Crippen molar-refractivity contribution in [2.45, 2.75) is 5.66 Å². The molecule has 1 aromatic heterocycles. The Hall–Kier alpha value is -2.98. The molecule has 2 heterocycles. The number of nitrogens with one attached hydrogen (secondary N) is 2. The Labute approximate surface area is 140 Å². The number of allylic oxidation sites excluding steroid dienone is 2. The summed E-state index contributed by atoms with van der Waals surface area (Å²) in [5.74, 6) is 0.754. The standard InChI is InChI=1S/C20H16N4/c1-9-21-19(22-10-1)15-5-3-14(4-6-15)17-8-7-16-13-18(17)20(16)23-11-2-12-24-20/h1-11,13,23-24H,12H2. The normalized spacial score (nSPS) is 23.8. The monoisotopic (exact) mass is 312 g/mol. The van der Waals surface area contributed by atoms with E-state index in [1.165, 1.54) is 22.3 Å². The van der Waals surface area contributed by atoms with E-state index in [-0.39, 0.29) is 5.66 Å². The van der Waals surface area contributed by atoms with Gasteiger partial charge in [0.05, 0.1) is 0 Å². The van der Waals surface area contributed by atoms with Gasteiger partial charge in [0, 0.05) is 30.1 Å². The number of aromatic nitrogens is 2. The SMILES string of the molecule is C1=CNC2(NC1)c1ccc(-c3ccc(-c4ncccn4)cc3)c2c1. The van der Waals surface area contributed by atoms with Gasteiger partial charge in [0.25, 0.3) is 0 Å². The lowest BCUT2D eigenvalue weighted by atomic mass is 9.69. The van der Waals surface area contributed by atoms with Crippen LogP contribution in [0.1, 0.15) is 5.56 Å². The molecule has 5 rings (SSSR count). The molecule has 2 N–H and O–H groups in total. The molecule has 4 heteroatoms. The second-order valence-electron chi connectivity index (χ2n) is 6.09. The van der Waals surface area contributed by atoms with Crippen LogP contribution in [0.2, 0.25) is 0 Å². The lowest BCUT2D eigenvalue weighted by Gasteiger charge is -2.49. The maximum atomic E-state index is 4.31. The highest BCUT2D eigenvalue weighted by Gasteiger charge is 2.47. The summed E-state index contributed by atoms with van der Waals surface area (Å²) in [5, 5.41) is 7.06. The molecule has 1 spiro atoms. The summed E-state index contributed by atoms with van der Waals surface area (Å²) >= 11 is 0. The van der Waals surface area contributed by atoms with Crippen LogP contribution in [0, 0.1) is 0 Å². The van der Waals surface area contributed by atoms with E-state index < -0.39 is 0 Å². The van der Waals surface area contributed by atoms with Gasteiger partial charge in [-0.1, -0.05) is 42.5 Å². The largest absolute Gasteiger partial charge is 0.366 e. The molecule has 1 unspecified atom stereocenters. The lowest BCUT2D eigenvalue weighted by Crippen LogP contribution is -2.64. The van der Waals surface area contributed by atoms with Crippen molar-refractivity contribution in [3.05, 3.63) is 89.9 Å². The minimum Gasteiger partial charge on any atom is -0.366 e. The van der Waals surface area contributed by atoms with Gasteiger partial charge in [-0.3, -0.25) is 5.32 Å². The molecule has 116 valence electrons. The highest BCUT2D eigenvalue weighted by Crippen LogP contribution is 2.47. The van der Waals surface area contributed by atoms with Gasteiger partial charge in [-0.15, -0.1) is 0 Å². The predicted octanol–water partition coefficient (Wildman–Crippen LogP) is 2.81. The van der Waals surface area contributed by atoms with Crippen LogP contribution in [0.15, 0.2) is 84.4 Å². The summed E-state index contributed by atoms with van der Waals surface area (Å²) in [5.41, 5.74) is 5.86. The van der Waals surface area contributed by atoms with Gasteiger partial charge in [-0.05, 0) is 35.1 Å². The molecule has 2 bridgehead atoms. The Morgan fingerprint density at radius 3 is 2.46 bits per heavy atom. The highest BCUT2D eigenvalue weighted by molar-refractivity contribution is 5.91. The number of rotatable bonds is 2. The number of nitrogens with zero attached hydrogens (tertiary/aromatic N) is 2. The van der Waals surface area contributed by atoms with Gasteiger partial charge in [-0.25, -0.2) is 9.97 Å². The molecule has 0 amide bonds. The van der Waals surface area contributed by atoms with Crippen LogP contribution >= 0.6 is 0 Å². The van der Waals surface area contributed by atoms with Crippen LogP contribution in [0.3, 0.4) is 0 Å². The van der Waals surface area contributed by atoms with Crippen LogP contribution in [-0.4, -0.2) is 22.2 Å². The van der Waals surface area contributed by atoms with Crippen molar-refractivity contribution in [1.82, 2.24) is 20.6 Å². The summed E-state index contributed by atoms with van der Waals surface area (Å²) in [6, 6.07) is 10.3. The average molecular weight is 312 g/mol. The van der Waals surface area contributed by atoms with Crippen LogP contribution in [-0.2, 0) is 0 Å². The summed E-state index contributed by atoms with van der Waals surface area (Å²) in [7, 11) is 0. The fourth-order valence-corrected chi connectivity index (χ4v) is 3.53. The van der Waals surface area contributed by atoms with Gasteiger partial charge in [0.2, 0.25) is 0 Å². The first-order valence-corrected chi connectivity index (χ1v) is 8.07. The van der Waals surface area contributed by atoms with E-state index in [9.17, 15) is 0 Å². The molecule has 2 aromatic rings. The van der Waals surface area contributed by atoms with Gasteiger partial charge < -0.3 is 5.32 Å². The molecule has 2 aliphatic carbocycles. The zero-order chi connectivity index (χ0) is 16.0. The Morgan fingerprint density at radius 2 is 1.75 bits per heavy atom. The summed E-state index contributed by atoms with van der Waals surface area (Å²) in [6.45, 7) is 0.874. The van der Waals surface area contributed by atoms with E-state index in [4.69, 9.17) is 0 Å². The van der Waals surface area contributed by atoms with E-state index in [0.29, 0.717) is 0 Å². The molecule has 4 nitrogen and oxygen atoms in total. The average Bonchev–Trinajstić information content (AvgIpc) is 2.69. The highest BCUT2D eigenvalue weighted by atomic mass is 15.2. The maximum absolute atomic E-state index is 4.31. The van der Waals surface area contributed by atoms with Crippen LogP contribution in [0.4, 0.5) is 0 Å². The van der Waals surface area contributed by atoms with E-state index >= 15 is 0 Å². The van der Waals surface area contributed by atoms with E-state index in [2.05, 4.69) is 69.2 Å². The van der Waals surface area contributed by atoms with E-state index in [1.54, 1.807) is 12.4 Å². The first-order chi connectivity index (χ1) is 11.9. The van der Waals surface area contributed by atoms with Gasteiger partial charge in [-0.2, -0.15) is 0 Å². The summed E-state index contributed by atoms with van der Waals surface area (Å²) in [4.78, 5) is 8.62. The quantitative estimate of drug-likeness (QED) is 0.895. The number of benzene rings is 1. The lowest BCUT2D eigenvalue weighted by molar-refractivity contribution is 0.390. The Morgan fingerprint density at radius 1 is 0.958 bits per heavy atom.